The Morgan fingerprint density at radius 1 is 0.692 bits per heavy atom. The van der Waals surface area contributed by atoms with Crippen molar-refractivity contribution in [3.63, 3.8) is 0 Å². The molecule has 2 aromatic carbocycles. The van der Waals surface area contributed by atoms with E-state index in [4.69, 9.17) is 9.47 Å². The third-order valence-electron chi connectivity index (χ3n) is 3.26. The molecule has 0 heterocycles. The molecular formula is C18H16F2N2O4. The van der Waals surface area contributed by atoms with Crippen molar-refractivity contribution in [2.24, 2.45) is 0 Å². The topological polar surface area (TPSA) is 76.7 Å². The molecule has 26 heavy (non-hydrogen) atoms. The second-order valence-electron chi connectivity index (χ2n) is 5.00. The summed E-state index contributed by atoms with van der Waals surface area (Å²) >= 11 is 0. The number of benzene rings is 2. The highest BCUT2D eigenvalue weighted by Crippen LogP contribution is 2.18. The van der Waals surface area contributed by atoms with Crippen LogP contribution in [-0.4, -0.2) is 26.2 Å². The standard InChI is InChI=1S/C18H16F2N2O4/c1-25-17(23)15(21-13-7-3-11(19)4-8-13)16(18(24)26-2)22-14-9-5-12(20)6-10-14/h3-10,21-22H,1-2H3/b16-15-. The van der Waals surface area contributed by atoms with Gasteiger partial charge in [-0.25, -0.2) is 18.4 Å². The van der Waals surface area contributed by atoms with Crippen LogP contribution < -0.4 is 10.6 Å². The first-order valence-corrected chi connectivity index (χ1v) is 7.40. The lowest BCUT2D eigenvalue weighted by atomic mass is 10.2. The number of hydrogen-bond donors (Lipinski definition) is 2. The predicted molar refractivity (Wildman–Crippen MR) is 91.1 cm³/mol. The van der Waals surface area contributed by atoms with E-state index in [0.717, 1.165) is 14.2 Å². The fraction of sp³-hybridized carbons (Fsp3) is 0.111. The SMILES string of the molecule is COC(=O)/C(Nc1ccc(F)cc1)=C(/Nc1ccc(F)cc1)C(=O)OC. The Hall–Kier alpha value is -3.42. The number of methoxy groups -OCH3 is 2. The number of ether oxygens (including phenoxy) is 2. The van der Waals surface area contributed by atoms with E-state index in [2.05, 4.69) is 10.6 Å². The van der Waals surface area contributed by atoms with Gasteiger partial charge in [0, 0.05) is 11.4 Å². The Morgan fingerprint density at radius 2 is 1.00 bits per heavy atom. The highest BCUT2D eigenvalue weighted by molar-refractivity contribution is 6.04. The normalized spacial score (nSPS) is 11.2. The van der Waals surface area contributed by atoms with E-state index in [0.29, 0.717) is 11.4 Å². The zero-order valence-electron chi connectivity index (χ0n) is 14.0. The molecule has 2 aromatic rings. The molecule has 0 atom stereocenters. The molecule has 0 fully saturated rings. The fourth-order valence-electron chi connectivity index (χ4n) is 1.99. The molecule has 0 spiro atoms. The lowest BCUT2D eigenvalue weighted by Gasteiger charge is -2.16. The van der Waals surface area contributed by atoms with Gasteiger partial charge in [0.15, 0.2) is 11.4 Å². The van der Waals surface area contributed by atoms with Crippen LogP contribution in [0, 0.1) is 11.6 Å². The smallest absolute Gasteiger partial charge is 0.356 e. The zero-order valence-corrected chi connectivity index (χ0v) is 14.0. The van der Waals surface area contributed by atoms with Crippen molar-refractivity contribution in [2.45, 2.75) is 0 Å². The number of carbonyl (C=O) groups is 2. The number of nitrogens with one attached hydrogen (secondary N) is 2. The zero-order chi connectivity index (χ0) is 19.1. The van der Waals surface area contributed by atoms with Crippen LogP contribution >= 0.6 is 0 Å². The van der Waals surface area contributed by atoms with Gasteiger partial charge in [-0.3, -0.25) is 0 Å². The Bertz CT molecular complexity index is 749. The second-order valence-corrected chi connectivity index (χ2v) is 5.00. The molecule has 0 radical (unpaired) electrons. The van der Waals surface area contributed by atoms with Crippen LogP contribution in [-0.2, 0) is 19.1 Å². The van der Waals surface area contributed by atoms with Crippen LogP contribution in [0.5, 0.6) is 0 Å². The summed E-state index contributed by atoms with van der Waals surface area (Å²) in [6.45, 7) is 0. The summed E-state index contributed by atoms with van der Waals surface area (Å²) in [6.07, 6.45) is 0. The van der Waals surface area contributed by atoms with E-state index in [1.165, 1.54) is 48.5 Å². The summed E-state index contributed by atoms with van der Waals surface area (Å²) in [6, 6.07) is 10.3. The summed E-state index contributed by atoms with van der Waals surface area (Å²) in [5.74, 6) is -2.64. The van der Waals surface area contributed by atoms with Crippen molar-refractivity contribution in [3.8, 4) is 0 Å². The van der Waals surface area contributed by atoms with Gasteiger partial charge in [0.25, 0.3) is 0 Å². The molecule has 2 rings (SSSR count). The van der Waals surface area contributed by atoms with E-state index in [1.54, 1.807) is 0 Å². The van der Waals surface area contributed by atoms with Gasteiger partial charge >= 0.3 is 11.9 Å². The maximum atomic E-state index is 13.1. The molecule has 0 aliphatic heterocycles. The van der Waals surface area contributed by atoms with Crippen LogP contribution in [0.4, 0.5) is 20.2 Å². The third-order valence-corrected chi connectivity index (χ3v) is 3.26. The Balaban J connectivity index is 2.46. The highest BCUT2D eigenvalue weighted by atomic mass is 19.1. The Kier molecular flexibility index (Phi) is 6.26. The molecular weight excluding hydrogens is 346 g/mol. The molecule has 0 unspecified atom stereocenters. The van der Waals surface area contributed by atoms with Crippen molar-refractivity contribution in [1.82, 2.24) is 0 Å². The third kappa shape index (κ3) is 4.79. The average Bonchev–Trinajstić information content (AvgIpc) is 2.66. The van der Waals surface area contributed by atoms with Crippen LogP contribution in [0.15, 0.2) is 59.9 Å². The van der Waals surface area contributed by atoms with Crippen molar-refractivity contribution >= 4 is 23.3 Å². The van der Waals surface area contributed by atoms with E-state index >= 15 is 0 Å². The molecule has 0 saturated heterocycles. The van der Waals surface area contributed by atoms with Crippen LogP contribution in [0.25, 0.3) is 0 Å². The number of hydrogen-bond acceptors (Lipinski definition) is 6. The molecule has 0 bridgehead atoms. The van der Waals surface area contributed by atoms with Gasteiger partial charge in [-0.1, -0.05) is 0 Å². The van der Waals surface area contributed by atoms with Gasteiger partial charge in [-0.05, 0) is 48.5 Å². The van der Waals surface area contributed by atoms with Gasteiger partial charge in [0.2, 0.25) is 0 Å². The molecule has 0 saturated carbocycles. The van der Waals surface area contributed by atoms with Gasteiger partial charge in [-0.15, -0.1) is 0 Å². The Morgan fingerprint density at radius 3 is 1.27 bits per heavy atom. The molecule has 2 N–H and O–H groups in total. The molecule has 136 valence electrons. The largest absolute Gasteiger partial charge is 0.464 e. The lowest BCUT2D eigenvalue weighted by Crippen LogP contribution is -2.24. The first-order chi connectivity index (χ1) is 12.4. The predicted octanol–water partition coefficient (Wildman–Crippen LogP) is 3.05. The van der Waals surface area contributed by atoms with Gasteiger partial charge in [0.05, 0.1) is 14.2 Å². The quantitative estimate of drug-likeness (QED) is 0.608. The fourth-order valence-corrected chi connectivity index (χ4v) is 1.99. The monoisotopic (exact) mass is 362 g/mol. The van der Waals surface area contributed by atoms with E-state index in [1.807, 2.05) is 0 Å². The van der Waals surface area contributed by atoms with Crippen LogP contribution in [0.2, 0.25) is 0 Å². The number of carbonyl (C=O) groups excluding carboxylic acids is 2. The Labute approximate surface area is 148 Å². The summed E-state index contributed by atoms with van der Waals surface area (Å²) in [7, 11) is 2.28. The summed E-state index contributed by atoms with van der Waals surface area (Å²) in [5, 5.41) is 5.41. The number of esters is 2. The molecule has 0 aliphatic rings. The minimum Gasteiger partial charge on any atom is -0.464 e. The maximum absolute atomic E-state index is 13.1. The van der Waals surface area contributed by atoms with Gasteiger partial charge < -0.3 is 20.1 Å². The van der Waals surface area contributed by atoms with E-state index in [9.17, 15) is 18.4 Å². The molecule has 0 aliphatic carbocycles. The minimum absolute atomic E-state index is 0.254. The van der Waals surface area contributed by atoms with E-state index in [-0.39, 0.29) is 11.4 Å². The van der Waals surface area contributed by atoms with E-state index < -0.39 is 23.6 Å². The maximum Gasteiger partial charge on any atom is 0.356 e. The number of halogens is 2. The molecule has 0 aromatic heterocycles. The summed E-state index contributed by atoms with van der Waals surface area (Å²) < 4.78 is 35.5. The van der Waals surface area contributed by atoms with Crippen molar-refractivity contribution in [3.05, 3.63) is 71.6 Å². The van der Waals surface area contributed by atoms with Gasteiger partial charge in [0.1, 0.15) is 11.6 Å². The number of rotatable bonds is 6. The average molecular weight is 362 g/mol. The van der Waals surface area contributed by atoms with Crippen molar-refractivity contribution < 1.29 is 27.8 Å². The lowest BCUT2D eigenvalue weighted by molar-refractivity contribution is -0.139. The molecule has 8 heteroatoms. The van der Waals surface area contributed by atoms with Crippen LogP contribution in [0.3, 0.4) is 0 Å². The summed E-state index contributed by atoms with van der Waals surface area (Å²) in [4.78, 5) is 24.3. The van der Waals surface area contributed by atoms with Crippen molar-refractivity contribution in [1.29, 1.82) is 0 Å². The second kappa shape index (κ2) is 8.61. The van der Waals surface area contributed by atoms with Crippen molar-refractivity contribution in [2.75, 3.05) is 24.9 Å². The first-order valence-electron chi connectivity index (χ1n) is 7.40. The van der Waals surface area contributed by atoms with Crippen LogP contribution in [0.1, 0.15) is 0 Å². The highest BCUT2D eigenvalue weighted by Gasteiger charge is 2.23. The molecule has 6 nitrogen and oxygen atoms in total. The summed E-state index contributed by atoms with van der Waals surface area (Å²) in [5.41, 5.74) is 0.175. The number of anilines is 2. The van der Waals surface area contributed by atoms with Gasteiger partial charge in [-0.2, -0.15) is 0 Å². The molecule has 0 amide bonds. The minimum atomic E-state index is -0.857. The first kappa shape index (κ1) is 18.9.